The average molecular weight is 324 g/mol. The Kier molecular flexibility index (Phi) is 4.42. The zero-order valence-electron chi connectivity index (χ0n) is 13.2. The third kappa shape index (κ3) is 3.35. The number of para-hydroxylation sites is 1. The summed E-state index contributed by atoms with van der Waals surface area (Å²) in [4.78, 5) is 26.4. The highest BCUT2D eigenvalue weighted by atomic mass is 19.1. The first kappa shape index (κ1) is 15.9. The van der Waals surface area contributed by atoms with Crippen LogP contribution >= 0.6 is 0 Å². The number of hydrogen-bond donors (Lipinski definition) is 1. The van der Waals surface area contributed by atoms with Gasteiger partial charge in [-0.1, -0.05) is 24.3 Å². The summed E-state index contributed by atoms with van der Waals surface area (Å²) in [5, 5.41) is 2.86. The van der Waals surface area contributed by atoms with Crippen LogP contribution in [-0.2, 0) is 4.79 Å². The van der Waals surface area contributed by atoms with E-state index >= 15 is 0 Å². The Hall–Kier alpha value is -2.95. The normalized spacial score (nSPS) is 17.3. The lowest BCUT2D eigenvalue weighted by Crippen LogP contribution is -2.40. The molecular weight excluding hydrogens is 307 g/mol. The van der Waals surface area contributed by atoms with Crippen molar-refractivity contribution in [3.63, 3.8) is 0 Å². The zero-order valence-corrected chi connectivity index (χ0v) is 13.2. The molecular formula is C19H17FN2O2. The maximum Gasteiger partial charge on any atom is 0.253 e. The van der Waals surface area contributed by atoms with Crippen LogP contribution in [0.15, 0.2) is 54.6 Å². The molecule has 1 unspecified atom stereocenters. The first-order chi connectivity index (χ1) is 11.5. The maximum atomic E-state index is 12.9. The summed E-state index contributed by atoms with van der Waals surface area (Å²) in [5.41, 5.74) is 1.80. The predicted octanol–water partition coefficient (Wildman–Crippen LogP) is 3.00. The first-order valence-electron chi connectivity index (χ1n) is 7.69. The molecule has 0 fully saturated rings. The Balaban J connectivity index is 1.89. The van der Waals surface area contributed by atoms with Crippen LogP contribution in [0.3, 0.4) is 0 Å². The standard InChI is InChI=1S/C19H17FN2O2/c1-13-12-22(17-5-3-2-4-16(17)19(24)21-13)18(23)11-8-14-6-9-15(20)10-7-14/h2-11,13H,12H2,1H3,(H,21,24). The molecule has 1 aliphatic heterocycles. The van der Waals surface area contributed by atoms with Crippen LogP contribution in [0, 0.1) is 5.82 Å². The van der Waals surface area contributed by atoms with Gasteiger partial charge >= 0.3 is 0 Å². The van der Waals surface area contributed by atoms with Gasteiger partial charge in [0.15, 0.2) is 0 Å². The van der Waals surface area contributed by atoms with Crippen LogP contribution in [0.25, 0.3) is 6.08 Å². The molecule has 0 spiro atoms. The minimum absolute atomic E-state index is 0.159. The summed E-state index contributed by atoms with van der Waals surface area (Å²) in [6.07, 6.45) is 3.07. The van der Waals surface area contributed by atoms with Crippen LogP contribution < -0.4 is 10.2 Å². The molecule has 24 heavy (non-hydrogen) atoms. The Morgan fingerprint density at radius 3 is 2.67 bits per heavy atom. The lowest BCUT2D eigenvalue weighted by molar-refractivity contribution is -0.114. The van der Waals surface area contributed by atoms with Crippen LogP contribution in [0.2, 0.25) is 0 Å². The van der Waals surface area contributed by atoms with Gasteiger partial charge < -0.3 is 10.2 Å². The maximum absolute atomic E-state index is 12.9. The molecule has 2 amide bonds. The second-order valence-electron chi connectivity index (χ2n) is 5.73. The lowest BCUT2D eigenvalue weighted by Gasteiger charge is -2.22. The third-order valence-electron chi connectivity index (χ3n) is 3.83. The Morgan fingerprint density at radius 2 is 1.92 bits per heavy atom. The second kappa shape index (κ2) is 6.66. The van der Waals surface area contributed by atoms with E-state index in [9.17, 15) is 14.0 Å². The smallest absolute Gasteiger partial charge is 0.253 e. The van der Waals surface area contributed by atoms with Gasteiger partial charge in [-0.3, -0.25) is 9.59 Å². The van der Waals surface area contributed by atoms with Crippen molar-refractivity contribution in [2.45, 2.75) is 13.0 Å². The van der Waals surface area contributed by atoms with E-state index in [2.05, 4.69) is 5.32 Å². The van der Waals surface area contributed by atoms with E-state index < -0.39 is 0 Å². The van der Waals surface area contributed by atoms with Gasteiger partial charge in [-0.05, 0) is 42.8 Å². The molecule has 1 aliphatic rings. The predicted molar refractivity (Wildman–Crippen MR) is 91.2 cm³/mol. The number of amides is 2. The van der Waals surface area contributed by atoms with Crippen molar-refractivity contribution in [2.24, 2.45) is 0 Å². The number of fused-ring (bicyclic) bond motifs is 1. The molecule has 3 rings (SSSR count). The van der Waals surface area contributed by atoms with Gasteiger partial charge in [-0.25, -0.2) is 4.39 Å². The van der Waals surface area contributed by atoms with Gasteiger partial charge in [-0.15, -0.1) is 0 Å². The molecule has 1 atom stereocenters. The van der Waals surface area contributed by atoms with Gasteiger partial charge in [0.25, 0.3) is 11.8 Å². The lowest BCUT2D eigenvalue weighted by atomic mass is 10.1. The number of rotatable bonds is 2. The molecule has 0 aromatic heterocycles. The quantitative estimate of drug-likeness (QED) is 0.863. The number of nitrogens with zero attached hydrogens (tertiary/aromatic N) is 1. The van der Waals surface area contributed by atoms with E-state index in [0.717, 1.165) is 5.56 Å². The Labute approximate surface area is 139 Å². The van der Waals surface area contributed by atoms with Crippen LogP contribution in [0.4, 0.5) is 10.1 Å². The summed E-state index contributed by atoms with van der Waals surface area (Å²) < 4.78 is 12.9. The highest BCUT2D eigenvalue weighted by Gasteiger charge is 2.26. The molecule has 0 saturated heterocycles. The molecule has 2 aromatic carbocycles. The highest BCUT2D eigenvalue weighted by molar-refractivity contribution is 6.10. The molecule has 1 heterocycles. The molecule has 1 N–H and O–H groups in total. The van der Waals surface area contributed by atoms with Crippen LogP contribution in [-0.4, -0.2) is 24.4 Å². The molecule has 0 saturated carbocycles. The molecule has 0 bridgehead atoms. The molecule has 5 heteroatoms. The van der Waals surface area contributed by atoms with Crippen LogP contribution in [0.1, 0.15) is 22.8 Å². The van der Waals surface area contributed by atoms with E-state index in [0.29, 0.717) is 17.8 Å². The average Bonchev–Trinajstić information content (AvgIpc) is 2.71. The van der Waals surface area contributed by atoms with Crippen molar-refractivity contribution in [3.05, 3.63) is 71.6 Å². The van der Waals surface area contributed by atoms with Crippen molar-refractivity contribution >= 4 is 23.6 Å². The largest absolute Gasteiger partial charge is 0.348 e. The molecule has 122 valence electrons. The number of carbonyl (C=O) groups is 2. The monoisotopic (exact) mass is 324 g/mol. The summed E-state index contributed by atoms with van der Waals surface area (Å²) >= 11 is 0. The fraction of sp³-hybridized carbons (Fsp3) is 0.158. The minimum atomic E-state index is -0.321. The summed E-state index contributed by atoms with van der Waals surface area (Å²) in [6.45, 7) is 2.24. The van der Waals surface area contributed by atoms with Crippen molar-refractivity contribution in [3.8, 4) is 0 Å². The van der Waals surface area contributed by atoms with Gasteiger partial charge in [0.1, 0.15) is 5.82 Å². The zero-order chi connectivity index (χ0) is 17.1. The highest BCUT2D eigenvalue weighted by Crippen LogP contribution is 2.24. The van der Waals surface area contributed by atoms with Crippen molar-refractivity contribution in [1.29, 1.82) is 0 Å². The summed E-state index contributed by atoms with van der Waals surface area (Å²) in [6, 6.07) is 12.8. The van der Waals surface area contributed by atoms with Gasteiger partial charge in [0.05, 0.1) is 11.3 Å². The molecule has 4 nitrogen and oxygen atoms in total. The number of benzene rings is 2. The van der Waals surface area contributed by atoms with E-state index in [1.54, 1.807) is 47.4 Å². The fourth-order valence-corrected chi connectivity index (χ4v) is 2.66. The van der Waals surface area contributed by atoms with Gasteiger partial charge in [0, 0.05) is 18.7 Å². The SMILES string of the molecule is CC1CN(C(=O)C=Cc2ccc(F)cc2)c2ccccc2C(=O)N1. The Morgan fingerprint density at radius 1 is 1.21 bits per heavy atom. The van der Waals surface area contributed by atoms with Crippen molar-refractivity contribution in [2.75, 3.05) is 11.4 Å². The fourth-order valence-electron chi connectivity index (χ4n) is 2.66. The third-order valence-corrected chi connectivity index (χ3v) is 3.83. The number of carbonyl (C=O) groups excluding carboxylic acids is 2. The van der Waals surface area contributed by atoms with E-state index in [4.69, 9.17) is 0 Å². The number of hydrogen-bond acceptors (Lipinski definition) is 2. The molecule has 2 aromatic rings. The van der Waals surface area contributed by atoms with E-state index in [-0.39, 0.29) is 23.7 Å². The summed E-state index contributed by atoms with van der Waals surface area (Å²) in [5.74, 6) is -0.732. The van der Waals surface area contributed by atoms with Crippen molar-refractivity contribution in [1.82, 2.24) is 5.32 Å². The van der Waals surface area contributed by atoms with E-state index in [1.807, 2.05) is 6.92 Å². The van der Waals surface area contributed by atoms with Gasteiger partial charge in [0.2, 0.25) is 0 Å². The first-order valence-corrected chi connectivity index (χ1v) is 7.69. The second-order valence-corrected chi connectivity index (χ2v) is 5.73. The Bertz CT molecular complexity index is 799. The minimum Gasteiger partial charge on any atom is -0.348 e. The number of anilines is 1. The number of nitrogens with one attached hydrogen (secondary N) is 1. The topological polar surface area (TPSA) is 49.4 Å². The van der Waals surface area contributed by atoms with Crippen LogP contribution in [0.5, 0.6) is 0 Å². The van der Waals surface area contributed by atoms with Crippen molar-refractivity contribution < 1.29 is 14.0 Å². The van der Waals surface area contributed by atoms with Gasteiger partial charge in [-0.2, -0.15) is 0 Å². The number of halogens is 1. The molecule has 0 aliphatic carbocycles. The summed E-state index contributed by atoms with van der Waals surface area (Å²) in [7, 11) is 0. The molecule has 0 radical (unpaired) electrons. The van der Waals surface area contributed by atoms with E-state index in [1.165, 1.54) is 18.2 Å².